The molecule has 0 aliphatic carbocycles. The molecule has 3 nitrogen and oxygen atoms in total. The van der Waals surface area contributed by atoms with Crippen LogP contribution in [0.15, 0.2) is 12.1 Å². The van der Waals surface area contributed by atoms with Crippen LogP contribution in [-0.4, -0.2) is 18.3 Å². The molecule has 2 N–H and O–H groups in total. The third-order valence-electron chi connectivity index (χ3n) is 2.78. The average molecular weight is 277 g/mol. The fourth-order valence-corrected chi connectivity index (χ4v) is 2.27. The number of rotatable bonds is 2. The number of alkyl halides is 1. The number of carbonyl (C=O) groups is 1. The highest BCUT2D eigenvalue weighted by Gasteiger charge is 2.31. The second-order valence-corrected chi connectivity index (χ2v) is 4.77. The molecule has 1 heterocycles. The van der Waals surface area contributed by atoms with Crippen molar-refractivity contribution in [2.45, 2.75) is 6.42 Å². The zero-order valence-corrected chi connectivity index (χ0v) is 10.4. The van der Waals surface area contributed by atoms with Crippen molar-refractivity contribution >= 4 is 40.5 Å². The molecule has 2 rings (SSSR count). The number of carbonyl (C=O) groups excluding carboxylic acids is 1. The zero-order valence-electron chi connectivity index (χ0n) is 8.92. The third-order valence-corrected chi connectivity index (χ3v) is 3.51. The van der Waals surface area contributed by atoms with E-state index in [1.165, 1.54) is 11.0 Å². The van der Waals surface area contributed by atoms with Gasteiger partial charge in [0, 0.05) is 24.9 Å². The van der Waals surface area contributed by atoms with E-state index in [-0.39, 0.29) is 22.5 Å². The van der Waals surface area contributed by atoms with Gasteiger partial charge in [-0.05, 0) is 12.0 Å². The standard InChI is InChI=1S/C11H11Cl2FN2O/c12-4-6-1-11(17)16(5-6)10-2-7(13)8(14)3-9(10)15/h2-3,6H,1,4-5,15H2. The van der Waals surface area contributed by atoms with Crippen LogP contribution in [-0.2, 0) is 4.79 Å². The summed E-state index contributed by atoms with van der Waals surface area (Å²) in [6.45, 7) is 0.495. The highest BCUT2D eigenvalue weighted by Crippen LogP contribution is 2.33. The minimum absolute atomic E-state index is 0.0451. The zero-order chi connectivity index (χ0) is 12.6. The van der Waals surface area contributed by atoms with Crippen LogP contribution in [0.4, 0.5) is 15.8 Å². The third kappa shape index (κ3) is 2.33. The Balaban J connectivity index is 2.35. The summed E-state index contributed by atoms with van der Waals surface area (Å²) >= 11 is 11.4. The van der Waals surface area contributed by atoms with Crippen LogP contribution >= 0.6 is 23.2 Å². The number of amides is 1. The van der Waals surface area contributed by atoms with Crippen molar-refractivity contribution in [3.63, 3.8) is 0 Å². The van der Waals surface area contributed by atoms with E-state index in [2.05, 4.69) is 0 Å². The SMILES string of the molecule is Nc1cc(F)c(Cl)cc1N1CC(CCl)CC1=O. The van der Waals surface area contributed by atoms with Gasteiger partial charge in [-0.1, -0.05) is 11.6 Å². The summed E-state index contributed by atoms with van der Waals surface area (Å²) in [5, 5.41) is -0.0451. The quantitative estimate of drug-likeness (QED) is 0.667. The van der Waals surface area contributed by atoms with E-state index < -0.39 is 5.82 Å². The lowest BCUT2D eigenvalue weighted by Crippen LogP contribution is -2.25. The molecule has 0 saturated carbocycles. The van der Waals surface area contributed by atoms with Crippen molar-refractivity contribution in [1.29, 1.82) is 0 Å². The molecule has 92 valence electrons. The van der Waals surface area contributed by atoms with Gasteiger partial charge in [-0.25, -0.2) is 4.39 Å². The first-order chi connectivity index (χ1) is 8.02. The summed E-state index contributed by atoms with van der Waals surface area (Å²) in [5.74, 6) is -0.136. The molecule has 0 aromatic heterocycles. The van der Waals surface area contributed by atoms with Crippen molar-refractivity contribution in [3.05, 3.63) is 23.0 Å². The summed E-state index contributed by atoms with van der Waals surface area (Å²) in [4.78, 5) is 13.3. The highest BCUT2D eigenvalue weighted by atomic mass is 35.5. The fraction of sp³-hybridized carbons (Fsp3) is 0.364. The normalized spacial score (nSPS) is 20.1. The molecule has 1 aliphatic rings. The Hall–Kier alpha value is -1.00. The van der Waals surface area contributed by atoms with E-state index in [0.29, 0.717) is 24.5 Å². The van der Waals surface area contributed by atoms with Crippen LogP contribution in [0, 0.1) is 11.7 Å². The van der Waals surface area contributed by atoms with Crippen molar-refractivity contribution in [2.75, 3.05) is 23.1 Å². The lowest BCUT2D eigenvalue weighted by molar-refractivity contribution is -0.117. The van der Waals surface area contributed by atoms with Crippen molar-refractivity contribution < 1.29 is 9.18 Å². The molecule has 1 aromatic carbocycles. The fourth-order valence-electron chi connectivity index (χ4n) is 1.90. The Morgan fingerprint density at radius 3 is 2.82 bits per heavy atom. The van der Waals surface area contributed by atoms with Gasteiger partial charge in [-0.3, -0.25) is 4.79 Å². The molecular weight excluding hydrogens is 266 g/mol. The van der Waals surface area contributed by atoms with Gasteiger partial charge in [0.25, 0.3) is 0 Å². The molecular formula is C11H11Cl2FN2O. The van der Waals surface area contributed by atoms with E-state index >= 15 is 0 Å². The lowest BCUT2D eigenvalue weighted by Gasteiger charge is -2.19. The van der Waals surface area contributed by atoms with Crippen molar-refractivity contribution in [1.82, 2.24) is 0 Å². The monoisotopic (exact) mass is 276 g/mol. The van der Waals surface area contributed by atoms with Crippen LogP contribution in [0.1, 0.15) is 6.42 Å². The summed E-state index contributed by atoms with van der Waals surface area (Å²) < 4.78 is 13.1. The maximum absolute atomic E-state index is 13.1. The first kappa shape index (κ1) is 12.5. The first-order valence-corrected chi connectivity index (χ1v) is 6.05. The topological polar surface area (TPSA) is 46.3 Å². The minimum atomic E-state index is -0.589. The predicted molar refractivity (Wildman–Crippen MR) is 67.0 cm³/mol. The van der Waals surface area contributed by atoms with Crippen LogP contribution in [0.25, 0.3) is 0 Å². The lowest BCUT2D eigenvalue weighted by atomic mass is 10.1. The number of nitrogens with two attached hydrogens (primary N) is 1. The Morgan fingerprint density at radius 1 is 1.53 bits per heavy atom. The summed E-state index contributed by atoms with van der Waals surface area (Å²) in [7, 11) is 0. The van der Waals surface area contributed by atoms with E-state index in [1.54, 1.807) is 0 Å². The second kappa shape index (κ2) is 4.70. The molecule has 0 spiro atoms. The van der Waals surface area contributed by atoms with Crippen LogP contribution < -0.4 is 10.6 Å². The predicted octanol–water partition coefficient (Wildman–Crippen LogP) is 2.65. The molecule has 1 aromatic rings. The average Bonchev–Trinajstić information content (AvgIpc) is 2.65. The van der Waals surface area contributed by atoms with Gasteiger partial charge in [0.1, 0.15) is 5.82 Å². The number of hydrogen-bond acceptors (Lipinski definition) is 2. The van der Waals surface area contributed by atoms with Crippen LogP contribution in [0.3, 0.4) is 0 Å². The molecule has 0 bridgehead atoms. The number of halogens is 3. The molecule has 1 amide bonds. The van der Waals surface area contributed by atoms with Gasteiger partial charge < -0.3 is 10.6 Å². The van der Waals surface area contributed by atoms with Gasteiger partial charge in [-0.2, -0.15) is 0 Å². The number of hydrogen-bond donors (Lipinski definition) is 1. The van der Waals surface area contributed by atoms with Gasteiger partial charge >= 0.3 is 0 Å². The highest BCUT2D eigenvalue weighted by molar-refractivity contribution is 6.31. The Bertz CT molecular complexity index is 467. The van der Waals surface area contributed by atoms with E-state index in [4.69, 9.17) is 28.9 Å². The van der Waals surface area contributed by atoms with Crippen molar-refractivity contribution in [3.8, 4) is 0 Å². The maximum atomic E-state index is 13.1. The molecule has 0 radical (unpaired) electrons. The molecule has 1 atom stereocenters. The van der Waals surface area contributed by atoms with Crippen molar-refractivity contribution in [2.24, 2.45) is 5.92 Å². The smallest absolute Gasteiger partial charge is 0.227 e. The molecule has 1 aliphatic heterocycles. The number of nitrogen functional groups attached to an aromatic ring is 1. The van der Waals surface area contributed by atoms with Crippen LogP contribution in [0.2, 0.25) is 5.02 Å². The van der Waals surface area contributed by atoms with Gasteiger partial charge in [-0.15, -0.1) is 11.6 Å². The number of nitrogens with zero attached hydrogens (tertiary/aromatic N) is 1. The summed E-state index contributed by atoms with van der Waals surface area (Å²) in [5.41, 5.74) is 6.35. The summed E-state index contributed by atoms with van der Waals surface area (Å²) in [6.07, 6.45) is 0.387. The van der Waals surface area contributed by atoms with Gasteiger partial charge in [0.2, 0.25) is 5.91 Å². The van der Waals surface area contributed by atoms with Gasteiger partial charge in [0.15, 0.2) is 0 Å². The van der Waals surface area contributed by atoms with E-state index in [9.17, 15) is 9.18 Å². The Labute approximate surface area is 108 Å². The Kier molecular flexibility index (Phi) is 3.45. The molecule has 1 unspecified atom stereocenters. The maximum Gasteiger partial charge on any atom is 0.227 e. The first-order valence-electron chi connectivity index (χ1n) is 5.13. The van der Waals surface area contributed by atoms with E-state index in [1.807, 2.05) is 0 Å². The largest absolute Gasteiger partial charge is 0.397 e. The van der Waals surface area contributed by atoms with Crippen LogP contribution in [0.5, 0.6) is 0 Å². The van der Waals surface area contributed by atoms with E-state index in [0.717, 1.165) is 6.07 Å². The number of benzene rings is 1. The second-order valence-electron chi connectivity index (χ2n) is 4.05. The molecule has 6 heteroatoms. The number of anilines is 2. The van der Waals surface area contributed by atoms with Gasteiger partial charge in [0.05, 0.1) is 16.4 Å². The molecule has 1 saturated heterocycles. The molecule has 17 heavy (non-hydrogen) atoms. The Morgan fingerprint density at radius 2 is 2.24 bits per heavy atom. The molecule has 1 fully saturated rings. The minimum Gasteiger partial charge on any atom is -0.397 e. The summed E-state index contributed by atoms with van der Waals surface area (Å²) in [6, 6.07) is 2.50.